The van der Waals surface area contributed by atoms with Crippen molar-refractivity contribution < 1.29 is 14.3 Å². The summed E-state index contributed by atoms with van der Waals surface area (Å²) in [5, 5.41) is 14.3. The summed E-state index contributed by atoms with van der Waals surface area (Å²) in [6, 6.07) is 10.9. The number of amides is 2. The summed E-state index contributed by atoms with van der Waals surface area (Å²) in [5.41, 5.74) is 0.226. The zero-order chi connectivity index (χ0) is 20.0. The molecule has 2 N–H and O–H groups in total. The lowest BCUT2D eigenvalue weighted by Crippen LogP contribution is -2.55. The van der Waals surface area contributed by atoms with Gasteiger partial charge >= 0.3 is 12.0 Å². The van der Waals surface area contributed by atoms with E-state index in [1.54, 1.807) is 31.2 Å². The second kappa shape index (κ2) is 8.71. The fourth-order valence-corrected chi connectivity index (χ4v) is 2.91. The number of benzene rings is 1. The first-order valence-electron chi connectivity index (χ1n) is 7.75. The molecule has 9 heteroatoms. The zero-order valence-corrected chi connectivity index (χ0v) is 16.1. The van der Waals surface area contributed by atoms with Gasteiger partial charge in [-0.3, -0.25) is 0 Å². The van der Waals surface area contributed by atoms with E-state index >= 15 is 0 Å². The zero-order valence-electron chi connectivity index (χ0n) is 14.5. The van der Waals surface area contributed by atoms with Gasteiger partial charge in [-0.15, -0.1) is 0 Å². The highest BCUT2D eigenvalue weighted by atomic mass is 35.5. The molecule has 0 aliphatic carbocycles. The Balaban J connectivity index is 2.17. The molecule has 0 aliphatic heterocycles. The number of anilines is 1. The van der Waals surface area contributed by atoms with Gasteiger partial charge in [0.1, 0.15) is 15.8 Å². The first-order valence-corrected chi connectivity index (χ1v) is 8.51. The molecule has 1 unspecified atom stereocenters. The number of hydrogen-bond acceptors (Lipinski definition) is 5. The van der Waals surface area contributed by atoms with Gasteiger partial charge in [-0.05, 0) is 36.8 Å². The average molecular weight is 407 g/mol. The van der Waals surface area contributed by atoms with Crippen LogP contribution in [0, 0.1) is 11.3 Å². The van der Waals surface area contributed by atoms with E-state index in [0.717, 1.165) is 5.56 Å². The smallest absolute Gasteiger partial charge is 0.331 e. The molecule has 0 saturated carbocycles. The maximum atomic E-state index is 12.4. The van der Waals surface area contributed by atoms with E-state index in [9.17, 15) is 9.59 Å². The highest BCUT2D eigenvalue weighted by Crippen LogP contribution is 2.20. The summed E-state index contributed by atoms with van der Waals surface area (Å²) in [6.45, 7) is 1.54. The molecule has 27 heavy (non-hydrogen) atoms. The Bertz CT molecular complexity index is 876. The van der Waals surface area contributed by atoms with Crippen molar-refractivity contribution in [3.63, 3.8) is 0 Å². The molecule has 0 radical (unpaired) electrons. The van der Waals surface area contributed by atoms with E-state index in [1.807, 2.05) is 6.07 Å². The van der Waals surface area contributed by atoms with Gasteiger partial charge in [0.2, 0.25) is 0 Å². The number of hydrogen-bond donors (Lipinski definition) is 2. The predicted octanol–water partition coefficient (Wildman–Crippen LogP) is 3.56. The van der Waals surface area contributed by atoms with Gasteiger partial charge in [0.05, 0.1) is 18.7 Å². The highest BCUT2D eigenvalue weighted by molar-refractivity contribution is 6.33. The van der Waals surface area contributed by atoms with Crippen molar-refractivity contribution >= 4 is 40.9 Å². The first-order chi connectivity index (χ1) is 12.8. The van der Waals surface area contributed by atoms with Crippen LogP contribution in [-0.4, -0.2) is 29.6 Å². The number of carbonyl (C=O) groups excluding carboxylic acids is 2. The summed E-state index contributed by atoms with van der Waals surface area (Å²) in [5.74, 6) is -0.618. The Morgan fingerprint density at radius 1 is 1.22 bits per heavy atom. The summed E-state index contributed by atoms with van der Waals surface area (Å²) < 4.78 is 4.84. The van der Waals surface area contributed by atoms with Crippen LogP contribution >= 0.6 is 23.2 Å². The third kappa shape index (κ3) is 5.58. The van der Waals surface area contributed by atoms with Crippen LogP contribution in [0.15, 0.2) is 36.4 Å². The van der Waals surface area contributed by atoms with E-state index in [-0.39, 0.29) is 16.7 Å². The van der Waals surface area contributed by atoms with Crippen LogP contribution < -0.4 is 10.6 Å². The van der Waals surface area contributed by atoms with Gasteiger partial charge in [0.25, 0.3) is 0 Å². The number of carbonyl (C=O) groups is 2. The largest absolute Gasteiger partial charge is 0.467 e. The SMILES string of the molecule is COC(=O)C(C)(Cc1ccc(C#N)cc1)NC(=O)Nc1cc(Cl)nc(Cl)c1. The monoisotopic (exact) mass is 406 g/mol. The minimum absolute atomic E-state index is 0.117. The van der Waals surface area contributed by atoms with E-state index < -0.39 is 17.5 Å². The molecule has 1 heterocycles. The molecule has 1 atom stereocenters. The number of esters is 1. The molecule has 2 aromatic rings. The fraction of sp³-hybridized carbons (Fsp3) is 0.222. The van der Waals surface area contributed by atoms with E-state index in [1.165, 1.54) is 19.2 Å². The van der Waals surface area contributed by atoms with Crippen LogP contribution in [0.3, 0.4) is 0 Å². The van der Waals surface area contributed by atoms with Crippen LogP contribution in [0.5, 0.6) is 0 Å². The van der Waals surface area contributed by atoms with Crippen molar-refractivity contribution in [1.82, 2.24) is 10.3 Å². The minimum atomic E-state index is -1.34. The topological polar surface area (TPSA) is 104 Å². The lowest BCUT2D eigenvalue weighted by Gasteiger charge is -2.28. The van der Waals surface area contributed by atoms with Crippen molar-refractivity contribution in [1.29, 1.82) is 5.26 Å². The third-order valence-corrected chi connectivity index (χ3v) is 4.07. The summed E-state index contributed by atoms with van der Waals surface area (Å²) >= 11 is 11.6. The molecule has 0 fully saturated rings. The molecule has 140 valence electrons. The Morgan fingerprint density at radius 3 is 2.33 bits per heavy atom. The lowest BCUT2D eigenvalue weighted by molar-refractivity contribution is -0.147. The molecule has 7 nitrogen and oxygen atoms in total. The normalized spacial score (nSPS) is 12.4. The molecular weight excluding hydrogens is 391 g/mol. The number of ether oxygens (including phenoxy) is 1. The molecule has 0 saturated heterocycles. The maximum Gasteiger partial charge on any atom is 0.331 e. The number of halogens is 2. The van der Waals surface area contributed by atoms with Crippen molar-refractivity contribution in [3.05, 3.63) is 57.8 Å². The number of nitriles is 1. The highest BCUT2D eigenvalue weighted by Gasteiger charge is 2.36. The Morgan fingerprint density at radius 2 is 1.81 bits per heavy atom. The Labute approximate surface area is 166 Å². The average Bonchev–Trinajstić information content (AvgIpc) is 2.60. The van der Waals surface area contributed by atoms with Crippen molar-refractivity contribution in [2.45, 2.75) is 18.9 Å². The van der Waals surface area contributed by atoms with Gasteiger partial charge in [-0.25, -0.2) is 14.6 Å². The number of nitrogens with one attached hydrogen (secondary N) is 2. The number of methoxy groups -OCH3 is 1. The third-order valence-electron chi connectivity index (χ3n) is 3.69. The van der Waals surface area contributed by atoms with E-state index in [4.69, 9.17) is 33.2 Å². The van der Waals surface area contributed by atoms with Crippen LogP contribution in [0.1, 0.15) is 18.1 Å². The van der Waals surface area contributed by atoms with Gasteiger partial charge in [-0.1, -0.05) is 35.3 Å². The second-order valence-electron chi connectivity index (χ2n) is 5.89. The molecule has 0 spiro atoms. The van der Waals surface area contributed by atoms with Gasteiger partial charge in [0.15, 0.2) is 0 Å². The van der Waals surface area contributed by atoms with Crippen molar-refractivity contribution in [2.75, 3.05) is 12.4 Å². The number of nitrogens with zero attached hydrogens (tertiary/aromatic N) is 2. The quantitative estimate of drug-likeness (QED) is 0.583. The predicted molar refractivity (Wildman–Crippen MR) is 102 cm³/mol. The maximum absolute atomic E-state index is 12.4. The minimum Gasteiger partial charge on any atom is -0.467 e. The standard InChI is InChI=1S/C18H16Cl2N4O3/c1-18(16(25)27-2,9-11-3-5-12(10-21)6-4-11)24-17(26)22-13-7-14(19)23-15(20)8-13/h3-8H,9H2,1-2H3,(H2,22,23,24,26). The molecular formula is C18H16Cl2N4O3. The van der Waals surface area contributed by atoms with Crippen LogP contribution in [0.4, 0.5) is 10.5 Å². The Hall–Kier alpha value is -2.82. The molecule has 2 rings (SSSR count). The number of pyridine rings is 1. The van der Waals surface area contributed by atoms with Gasteiger partial charge in [-0.2, -0.15) is 5.26 Å². The molecule has 1 aromatic carbocycles. The number of aromatic nitrogens is 1. The summed E-state index contributed by atoms with van der Waals surface area (Å²) in [6.07, 6.45) is 0.163. The van der Waals surface area contributed by atoms with Crippen LogP contribution in [0.25, 0.3) is 0 Å². The Kier molecular flexibility index (Phi) is 6.61. The van der Waals surface area contributed by atoms with Gasteiger partial charge in [0, 0.05) is 12.1 Å². The molecule has 0 aliphatic rings. The van der Waals surface area contributed by atoms with Gasteiger partial charge < -0.3 is 15.4 Å². The van der Waals surface area contributed by atoms with Crippen LogP contribution in [-0.2, 0) is 16.0 Å². The lowest BCUT2D eigenvalue weighted by atomic mass is 9.92. The van der Waals surface area contributed by atoms with Crippen molar-refractivity contribution in [3.8, 4) is 6.07 Å². The molecule has 0 bridgehead atoms. The van der Waals surface area contributed by atoms with Crippen LogP contribution in [0.2, 0.25) is 10.3 Å². The number of rotatable bonds is 5. The fourth-order valence-electron chi connectivity index (χ4n) is 2.45. The first kappa shape index (κ1) is 20.5. The summed E-state index contributed by atoms with van der Waals surface area (Å²) in [4.78, 5) is 28.5. The molecule has 2 amide bonds. The number of urea groups is 1. The second-order valence-corrected chi connectivity index (χ2v) is 6.66. The van der Waals surface area contributed by atoms with E-state index in [0.29, 0.717) is 11.3 Å². The van der Waals surface area contributed by atoms with Crippen molar-refractivity contribution in [2.24, 2.45) is 0 Å². The molecule has 1 aromatic heterocycles. The van der Waals surface area contributed by atoms with E-state index in [2.05, 4.69) is 15.6 Å². The summed E-state index contributed by atoms with van der Waals surface area (Å²) in [7, 11) is 1.24.